The molecule has 0 aromatic carbocycles. The molecule has 0 bridgehead atoms. The second-order valence-corrected chi connectivity index (χ2v) is 1.92. The number of hydrogen-bond acceptors (Lipinski definition) is 2. The summed E-state index contributed by atoms with van der Waals surface area (Å²) in [5.41, 5.74) is 1.70. The zero-order valence-electron chi connectivity index (χ0n) is 5.65. The molecule has 0 fully saturated rings. The van der Waals surface area contributed by atoms with Gasteiger partial charge in [-0.2, -0.15) is 0 Å². The number of hydrogen-bond donors (Lipinski definition) is 1. The van der Waals surface area contributed by atoms with Crippen molar-refractivity contribution in [2.24, 2.45) is 4.99 Å². The van der Waals surface area contributed by atoms with Gasteiger partial charge >= 0.3 is 0 Å². The molecule has 1 N–H and O–H groups in total. The molecule has 0 atom stereocenters. The van der Waals surface area contributed by atoms with Crippen molar-refractivity contribution in [1.29, 1.82) is 5.41 Å². The lowest BCUT2D eigenvalue weighted by atomic mass is 10.2. The van der Waals surface area contributed by atoms with E-state index >= 15 is 0 Å². The quantitative estimate of drug-likeness (QED) is 0.526. The van der Waals surface area contributed by atoms with E-state index in [1.807, 2.05) is 6.92 Å². The van der Waals surface area contributed by atoms with Crippen molar-refractivity contribution >= 4 is 11.4 Å². The van der Waals surface area contributed by atoms with Crippen molar-refractivity contribution in [3.63, 3.8) is 0 Å². The van der Waals surface area contributed by atoms with Gasteiger partial charge < -0.3 is 5.41 Å². The average molecular weight is 112 g/mol. The largest absolute Gasteiger partial charge is 0.310 e. The second kappa shape index (κ2) is 3.36. The first-order valence-corrected chi connectivity index (χ1v) is 2.63. The highest BCUT2D eigenvalue weighted by Crippen LogP contribution is 1.85. The molecule has 0 aromatic rings. The van der Waals surface area contributed by atoms with Crippen LogP contribution in [-0.4, -0.2) is 18.5 Å². The highest BCUT2D eigenvalue weighted by molar-refractivity contribution is 6.00. The summed E-state index contributed by atoms with van der Waals surface area (Å²) in [7, 11) is 1.75. The van der Waals surface area contributed by atoms with Crippen LogP contribution in [0.15, 0.2) is 4.99 Å². The van der Waals surface area contributed by atoms with Gasteiger partial charge in [0.2, 0.25) is 0 Å². The Kier molecular flexibility index (Phi) is 3.08. The van der Waals surface area contributed by atoms with Crippen molar-refractivity contribution in [2.75, 3.05) is 7.05 Å². The van der Waals surface area contributed by atoms with Crippen LogP contribution < -0.4 is 0 Å². The Bertz CT molecular complexity index is 114. The van der Waals surface area contributed by atoms with Gasteiger partial charge in [0, 0.05) is 24.9 Å². The topological polar surface area (TPSA) is 36.2 Å². The second-order valence-electron chi connectivity index (χ2n) is 1.92. The summed E-state index contributed by atoms with van der Waals surface area (Å²) in [5.74, 6) is 0. The monoisotopic (exact) mass is 112 g/mol. The molecule has 0 rings (SSSR count). The molecule has 0 saturated heterocycles. The molecule has 0 radical (unpaired) electrons. The van der Waals surface area contributed by atoms with E-state index in [1.165, 1.54) is 0 Å². The van der Waals surface area contributed by atoms with Gasteiger partial charge in [0.05, 0.1) is 0 Å². The predicted octanol–water partition coefficient (Wildman–Crippen LogP) is 1.51. The molecular formula is C6H12N2. The van der Waals surface area contributed by atoms with E-state index in [9.17, 15) is 0 Å². The molecule has 0 aliphatic carbocycles. The fourth-order valence-electron chi connectivity index (χ4n) is 0.463. The smallest absolute Gasteiger partial charge is 0.0276 e. The van der Waals surface area contributed by atoms with Crippen molar-refractivity contribution in [1.82, 2.24) is 0 Å². The van der Waals surface area contributed by atoms with E-state index in [-0.39, 0.29) is 0 Å². The maximum Gasteiger partial charge on any atom is 0.0276 e. The van der Waals surface area contributed by atoms with E-state index < -0.39 is 0 Å². The van der Waals surface area contributed by atoms with E-state index in [4.69, 9.17) is 5.41 Å². The molecule has 0 aromatic heterocycles. The van der Waals surface area contributed by atoms with Crippen molar-refractivity contribution in [2.45, 2.75) is 20.3 Å². The van der Waals surface area contributed by atoms with Crippen LogP contribution in [-0.2, 0) is 0 Å². The van der Waals surface area contributed by atoms with E-state index in [1.54, 1.807) is 14.0 Å². The molecule has 0 aliphatic heterocycles. The number of nitrogens with one attached hydrogen (secondary N) is 1. The molecule has 46 valence electrons. The van der Waals surface area contributed by atoms with E-state index in [0.717, 1.165) is 12.1 Å². The summed E-state index contributed by atoms with van der Waals surface area (Å²) in [6.07, 6.45) is 0.719. The highest BCUT2D eigenvalue weighted by atomic mass is 14.7. The van der Waals surface area contributed by atoms with Crippen LogP contribution in [0.4, 0.5) is 0 Å². The van der Waals surface area contributed by atoms with E-state index in [0.29, 0.717) is 5.71 Å². The van der Waals surface area contributed by atoms with Gasteiger partial charge in [-0.05, 0) is 13.8 Å². The summed E-state index contributed by atoms with van der Waals surface area (Å²) < 4.78 is 0. The van der Waals surface area contributed by atoms with E-state index in [2.05, 4.69) is 4.99 Å². The lowest BCUT2D eigenvalue weighted by Gasteiger charge is -1.92. The maximum absolute atomic E-state index is 7.05. The minimum absolute atomic E-state index is 0.674. The van der Waals surface area contributed by atoms with Gasteiger partial charge in [0.25, 0.3) is 0 Å². The Morgan fingerprint density at radius 2 is 2.00 bits per heavy atom. The predicted molar refractivity (Wildman–Crippen MR) is 37.1 cm³/mol. The van der Waals surface area contributed by atoms with Gasteiger partial charge in [0.1, 0.15) is 0 Å². The standard InChI is InChI=1S/C6H12N2/c1-5(7)4-6(2)8-3/h7H,4H2,1-3H3. The first-order chi connectivity index (χ1) is 3.66. The first-order valence-electron chi connectivity index (χ1n) is 2.63. The van der Waals surface area contributed by atoms with Crippen molar-refractivity contribution in [3.8, 4) is 0 Å². The summed E-state index contributed by atoms with van der Waals surface area (Å²) >= 11 is 0. The third-order valence-corrected chi connectivity index (χ3v) is 0.903. The fraction of sp³-hybridized carbons (Fsp3) is 0.667. The summed E-state index contributed by atoms with van der Waals surface area (Å²) in [6.45, 7) is 3.72. The van der Waals surface area contributed by atoms with Crippen LogP contribution in [0.5, 0.6) is 0 Å². The summed E-state index contributed by atoms with van der Waals surface area (Å²) in [5, 5.41) is 7.05. The third kappa shape index (κ3) is 3.53. The molecule has 0 unspecified atom stereocenters. The SMILES string of the molecule is CN=C(C)CC(C)=N. The maximum atomic E-state index is 7.05. The zero-order chi connectivity index (χ0) is 6.57. The molecule has 0 heterocycles. The van der Waals surface area contributed by atoms with Gasteiger partial charge in [-0.15, -0.1) is 0 Å². The Hall–Kier alpha value is -0.660. The number of aliphatic imine (C=N–C) groups is 1. The lowest BCUT2D eigenvalue weighted by Crippen LogP contribution is -1.97. The Labute approximate surface area is 50.1 Å². The van der Waals surface area contributed by atoms with Crippen LogP contribution in [0, 0.1) is 5.41 Å². The normalized spacial score (nSPS) is 11.6. The minimum Gasteiger partial charge on any atom is -0.310 e. The Morgan fingerprint density at radius 1 is 1.50 bits per heavy atom. The van der Waals surface area contributed by atoms with Gasteiger partial charge in [-0.1, -0.05) is 0 Å². The highest BCUT2D eigenvalue weighted by Gasteiger charge is 1.88. The Morgan fingerprint density at radius 3 is 2.12 bits per heavy atom. The van der Waals surface area contributed by atoms with Crippen molar-refractivity contribution < 1.29 is 0 Å². The number of rotatable bonds is 2. The summed E-state index contributed by atoms with van der Waals surface area (Å²) in [4.78, 5) is 3.90. The van der Waals surface area contributed by atoms with Crippen LogP contribution in [0.2, 0.25) is 0 Å². The molecule has 0 spiro atoms. The van der Waals surface area contributed by atoms with Crippen molar-refractivity contribution in [3.05, 3.63) is 0 Å². The average Bonchev–Trinajstić information content (AvgIpc) is 1.65. The summed E-state index contributed by atoms with van der Waals surface area (Å²) in [6, 6.07) is 0. The third-order valence-electron chi connectivity index (χ3n) is 0.903. The molecule has 8 heavy (non-hydrogen) atoms. The molecule has 2 heteroatoms. The Balaban J connectivity index is 3.56. The number of nitrogens with zero attached hydrogens (tertiary/aromatic N) is 1. The van der Waals surface area contributed by atoms with Crippen LogP contribution in [0.3, 0.4) is 0 Å². The molecule has 0 aliphatic rings. The molecule has 0 saturated carbocycles. The molecular weight excluding hydrogens is 100 g/mol. The van der Waals surface area contributed by atoms with Crippen LogP contribution >= 0.6 is 0 Å². The molecule has 0 amide bonds. The minimum atomic E-state index is 0.674. The first kappa shape index (κ1) is 7.34. The van der Waals surface area contributed by atoms with Gasteiger partial charge in [-0.3, -0.25) is 4.99 Å². The zero-order valence-corrected chi connectivity index (χ0v) is 5.65. The lowest BCUT2D eigenvalue weighted by molar-refractivity contribution is 1.32. The fourth-order valence-corrected chi connectivity index (χ4v) is 0.463. The molecule has 2 nitrogen and oxygen atoms in total. The van der Waals surface area contributed by atoms with Crippen LogP contribution in [0.1, 0.15) is 20.3 Å². The van der Waals surface area contributed by atoms with Gasteiger partial charge in [-0.25, -0.2) is 0 Å². The van der Waals surface area contributed by atoms with Crippen LogP contribution in [0.25, 0.3) is 0 Å². The van der Waals surface area contributed by atoms with Gasteiger partial charge in [0.15, 0.2) is 0 Å².